The molecule has 1 fully saturated rings. The largest absolute Gasteiger partial charge is 0.445 e. The van der Waals surface area contributed by atoms with Gasteiger partial charge in [-0.2, -0.15) is 0 Å². The van der Waals surface area contributed by atoms with E-state index in [0.29, 0.717) is 25.7 Å². The van der Waals surface area contributed by atoms with Gasteiger partial charge in [-0.25, -0.2) is 4.79 Å². The van der Waals surface area contributed by atoms with Gasteiger partial charge in [-0.15, -0.1) is 0 Å². The summed E-state index contributed by atoms with van der Waals surface area (Å²) >= 11 is 0. The Balaban J connectivity index is 1.93. The van der Waals surface area contributed by atoms with Gasteiger partial charge in [-0.1, -0.05) is 36.8 Å². The molecule has 5 nitrogen and oxygen atoms in total. The molecule has 0 spiro atoms. The third-order valence-corrected chi connectivity index (χ3v) is 4.64. The molecule has 0 bridgehead atoms. The Labute approximate surface area is 145 Å². The van der Waals surface area contributed by atoms with Crippen LogP contribution < -0.4 is 5.73 Å². The van der Waals surface area contributed by atoms with Crippen molar-refractivity contribution < 1.29 is 9.53 Å². The molecule has 1 atom stereocenters. The number of benzene rings is 1. The maximum atomic E-state index is 12.6. The van der Waals surface area contributed by atoms with Gasteiger partial charge in [0.05, 0.1) is 0 Å². The van der Waals surface area contributed by atoms with Crippen molar-refractivity contribution in [3.8, 4) is 0 Å². The van der Waals surface area contributed by atoms with E-state index in [1.165, 1.54) is 12.8 Å². The normalized spacial score (nSPS) is 18.6. The number of hydrogen-bond acceptors (Lipinski definition) is 4. The third kappa shape index (κ3) is 5.49. The van der Waals surface area contributed by atoms with Gasteiger partial charge < -0.3 is 15.4 Å². The van der Waals surface area contributed by atoms with Crippen LogP contribution >= 0.6 is 0 Å². The fourth-order valence-electron chi connectivity index (χ4n) is 3.25. The topological polar surface area (TPSA) is 58.8 Å². The number of amides is 1. The monoisotopic (exact) mass is 333 g/mol. The Morgan fingerprint density at radius 2 is 2.08 bits per heavy atom. The molecule has 1 saturated heterocycles. The van der Waals surface area contributed by atoms with Crippen molar-refractivity contribution in [3.05, 3.63) is 35.9 Å². The van der Waals surface area contributed by atoms with E-state index in [9.17, 15) is 4.79 Å². The minimum Gasteiger partial charge on any atom is -0.445 e. The van der Waals surface area contributed by atoms with E-state index in [-0.39, 0.29) is 12.1 Å². The van der Waals surface area contributed by atoms with Gasteiger partial charge in [0.15, 0.2) is 0 Å². The average molecular weight is 333 g/mol. The van der Waals surface area contributed by atoms with E-state index in [4.69, 9.17) is 10.5 Å². The van der Waals surface area contributed by atoms with Crippen LogP contribution in [0.4, 0.5) is 4.79 Å². The second-order valence-corrected chi connectivity index (χ2v) is 6.76. The summed E-state index contributed by atoms with van der Waals surface area (Å²) in [6, 6.07) is 10.3. The first-order valence-corrected chi connectivity index (χ1v) is 9.03. The Hall–Kier alpha value is -1.59. The second kappa shape index (κ2) is 9.64. The molecule has 2 N–H and O–H groups in total. The number of piperidine rings is 1. The first-order valence-electron chi connectivity index (χ1n) is 9.03. The first-order chi connectivity index (χ1) is 11.6. The molecule has 0 aliphatic carbocycles. The van der Waals surface area contributed by atoms with Gasteiger partial charge in [0.25, 0.3) is 0 Å². The second-order valence-electron chi connectivity index (χ2n) is 6.76. The van der Waals surface area contributed by atoms with Gasteiger partial charge in [0.1, 0.15) is 6.61 Å². The molecule has 134 valence electrons. The summed E-state index contributed by atoms with van der Waals surface area (Å²) in [5.74, 6) is 0. The number of nitrogens with zero attached hydrogens (tertiary/aromatic N) is 2. The van der Waals surface area contributed by atoms with Crippen molar-refractivity contribution in [1.29, 1.82) is 0 Å². The predicted octanol–water partition coefficient (Wildman–Crippen LogP) is 2.85. The lowest BCUT2D eigenvalue weighted by atomic mass is 10.0. The van der Waals surface area contributed by atoms with E-state index < -0.39 is 0 Å². The van der Waals surface area contributed by atoms with Crippen LogP contribution in [0, 0.1) is 0 Å². The summed E-state index contributed by atoms with van der Waals surface area (Å²) < 4.78 is 5.53. The van der Waals surface area contributed by atoms with Gasteiger partial charge in [-0.05, 0) is 38.8 Å². The van der Waals surface area contributed by atoms with E-state index in [1.807, 2.05) is 49.1 Å². The lowest BCUT2D eigenvalue weighted by molar-refractivity contribution is 0.0589. The molecule has 0 saturated carbocycles. The van der Waals surface area contributed by atoms with Crippen LogP contribution in [0.1, 0.15) is 38.7 Å². The van der Waals surface area contributed by atoms with Gasteiger partial charge in [0, 0.05) is 31.7 Å². The zero-order valence-corrected chi connectivity index (χ0v) is 15.0. The molecule has 1 amide bonds. The molecule has 5 heteroatoms. The fourth-order valence-corrected chi connectivity index (χ4v) is 3.25. The number of likely N-dealkylation sites (tertiary alicyclic amines) is 1. The van der Waals surface area contributed by atoms with Crippen LogP contribution in [0.15, 0.2) is 30.3 Å². The summed E-state index contributed by atoms with van der Waals surface area (Å²) in [5.41, 5.74) is 6.75. The average Bonchev–Trinajstić information content (AvgIpc) is 2.59. The lowest BCUT2D eigenvalue weighted by Gasteiger charge is -2.39. The number of nitrogens with two attached hydrogens (primary N) is 1. The smallest absolute Gasteiger partial charge is 0.410 e. The molecule has 1 aliphatic rings. The zero-order chi connectivity index (χ0) is 17.4. The minimum atomic E-state index is -0.230. The van der Waals surface area contributed by atoms with Crippen LogP contribution in [0.2, 0.25) is 0 Å². The van der Waals surface area contributed by atoms with E-state index >= 15 is 0 Å². The molecule has 1 aromatic carbocycles. The van der Waals surface area contributed by atoms with E-state index in [1.54, 1.807) is 0 Å². The third-order valence-electron chi connectivity index (χ3n) is 4.64. The van der Waals surface area contributed by atoms with E-state index in [0.717, 1.165) is 25.1 Å². The Morgan fingerprint density at radius 3 is 2.75 bits per heavy atom. The van der Waals surface area contributed by atoms with E-state index in [2.05, 4.69) is 4.90 Å². The molecule has 0 radical (unpaired) electrons. The first kappa shape index (κ1) is 18.7. The highest BCUT2D eigenvalue weighted by Gasteiger charge is 2.28. The minimum absolute atomic E-state index is 0.120. The van der Waals surface area contributed by atoms with Gasteiger partial charge in [-0.3, -0.25) is 4.90 Å². The maximum absolute atomic E-state index is 12.6. The number of carbonyl (C=O) groups excluding carboxylic acids is 1. The molecule has 2 rings (SSSR count). The molecule has 1 heterocycles. The highest BCUT2D eigenvalue weighted by molar-refractivity contribution is 5.68. The highest BCUT2D eigenvalue weighted by atomic mass is 16.6. The molecule has 1 aliphatic heterocycles. The van der Waals surface area contributed by atoms with Crippen LogP contribution in [0.5, 0.6) is 0 Å². The van der Waals surface area contributed by atoms with Crippen LogP contribution in [-0.2, 0) is 11.3 Å². The van der Waals surface area contributed by atoms with Crippen molar-refractivity contribution in [1.82, 2.24) is 9.80 Å². The van der Waals surface area contributed by atoms with Gasteiger partial charge >= 0.3 is 6.09 Å². The Morgan fingerprint density at radius 1 is 1.33 bits per heavy atom. The number of hydrogen-bond donors (Lipinski definition) is 1. The summed E-state index contributed by atoms with van der Waals surface area (Å²) in [5, 5.41) is 0. The van der Waals surface area contributed by atoms with Crippen molar-refractivity contribution in [2.75, 3.05) is 26.2 Å². The van der Waals surface area contributed by atoms with Crippen molar-refractivity contribution in [3.63, 3.8) is 0 Å². The van der Waals surface area contributed by atoms with Crippen LogP contribution in [-0.4, -0.2) is 54.2 Å². The molecule has 1 aromatic rings. The fraction of sp³-hybridized carbons (Fsp3) is 0.632. The SMILES string of the molecule is CC(C)N(C[C@@H]1CCCCN1CCN)C(=O)OCc1ccccc1. The summed E-state index contributed by atoms with van der Waals surface area (Å²) in [7, 11) is 0. The predicted molar refractivity (Wildman–Crippen MR) is 96.7 cm³/mol. The zero-order valence-electron chi connectivity index (χ0n) is 15.0. The highest BCUT2D eigenvalue weighted by Crippen LogP contribution is 2.19. The molecular formula is C19H31N3O2. The maximum Gasteiger partial charge on any atom is 0.410 e. The Kier molecular flexibility index (Phi) is 7.53. The number of ether oxygens (including phenoxy) is 1. The van der Waals surface area contributed by atoms with Gasteiger partial charge in [0.2, 0.25) is 0 Å². The van der Waals surface area contributed by atoms with Crippen molar-refractivity contribution in [2.24, 2.45) is 5.73 Å². The number of rotatable bonds is 7. The number of carbonyl (C=O) groups is 1. The van der Waals surface area contributed by atoms with Crippen LogP contribution in [0.3, 0.4) is 0 Å². The standard InChI is InChI=1S/C19H31N3O2/c1-16(2)22(14-18-10-6-7-12-21(18)13-11-20)19(23)24-15-17-8-4-3-5-9-17/h3-5,8-9,16,18H,6-7,10-15,20H2,1-2H3/t18-/m0/s1. The molecule has 0 unspecified atom stereocenters. The molecular weight excluding hydrogens is 302 g/mol. The summed E-state index contributed by atoms with van der Waals surface area (Å²) in [6.07, 6.45) is 3.33. The van der Waals surface area contributed by atoms with Crippen molar-refractivity contribution in [2.45, 2.75) is 51.8 Å². The summed E-state index contributed by atoms with van der Waals surface area (Å²) in [4.78, 5) is 16.8. The van der Waals surface area contributed by atoms with Crippen LogP contribution in [0.25, 0.3) is 0 Å². The molecule has 0 aromatic heterocycles. The van der Waals surface area contributed by atoms with Crippen molar-refractivity contribution >= 4 is 6.09 Å². The summed E-state index contributed by atoms with van der Waals surface area (Å²) in [6.45, 7) is 7.75. The molecule has 24 heavy (non-hydrogen) atoms. The Bertz CT molecular complexity index is 491. The lowest BCUT2D eigenvalue weighted by Crippen LogP contribution is -2.51. The quantitative estimate of drug-likeness (QED) is 0.833.